The van der Waals surface area contributed by atoms with Crippen molar-refractivity contribution in [2.24, 2.45) is 0 Å². The van der Waals surface area contributed by atoms with Gasteiger partial charge < -0.3 is 10.1 Å². The van der Waals surface area contributed by atoms with Crippen molar-refractivity contribution in [1.82, 2.24) is 5.32 Å². The van der Waals surface area contributed by atoms with Gasteiger partial charge in [-0.15, -0.1) is 0 Å². The Balaban J connectivity index is 2.10. The van der Waals surface area contributed by atoms with E-state index in [4.69, 9.17) is 4.74 Å². The molecule has 0 unspecified atom stereocenters. The van der Waals surface area contributed by atoms with Crippen molar-refractivity contribution < 1.29 is 9.13 Å². The molecule has 0 amide bonds. The molecule has 0 heterocycles. The van der Waals surface area contributed by atoms with Crippen LogP contribution >= 0.6 is 15.9 Å². The SMILES string of the molecule is CNCc1ccccc1OCc1ccc(F)cc1Br. The predicted octanol–water partition coefficient (Wildman–Crippen LogP) is 3.89. The van der Waals surface area contributed by atoms with Crippen molar-refractivity contribution in [1.29, 1.82) is 0 Å². The van der Waals surface area contributed by atoms with Gasteiger partial charge in [-0.05, 0) is 25.2 Å². The van der Waals surface area contributed by atoms with Crippen LogP contribution in [0.2, 0.25) is 0 Å². The van der Waals surface area contributed by atoms with Gasteiger partial charge in [-0.25, -0.2) is 4.39 Å². The fourth-order valence-corrected chi connectivity index (χ4v) is 2.24. The van der Waals surface area contributed by atoms with Crippen LogP contribution in [0, 0.1) is 5.82 Å². The third-order valence-electron chi connectivity index (χ3n) is 2.74. The van der Waals surface area contributed by atoms with Crippen LogP contribution in [0.5, 0.6) is 5.75 Å². The minimum atomic E-state index is -0.258. The molecule has 0 radical (unpaired) electrons. The van der Waals surface area contributed by atoms with Gasteiger partial charge in [-0.2, -0.15) is 0 Å². The molecule has 2 aromatic carbocycles. The molecular formula is C15H15BrFNO. The molecule has 0 aliphatic rings. The van der Waals surface area contributed by atoms with Crippen molar-refractivity contribution in [3.63, 3.8) is 0 Å². The molecule has 100 valence electrons. The number of hydrogen-bond acceptors (Lipinski definition) is 2. The van der Waals surface area contributed by atoms with Crippen molar-refractivity contribution in [2.45, 2.75) is 13.2 Å². The van der Waals surface area contributed by atoms with E-state index >= 15 is 0 Å². The summed E-state index contributed by atoms with van der Waals surface area (Å²) >= 11 is 3.34. The summed E-state index contributed by atoms with van der Waals surface area (Å²) in [5.74, 6) is 0.583. The van der Waals surface area contributed by atoms with E-state index in [1.807, 2.05) is 31.3 Å². The first-order chi connectivity index (χ1) is 9.20. The van der Waals surface area contributed by atoms with Crippen molar-refractivity contribution >= 4 is 15.9 Å². The van der Waals surface area contributed by atoms with Gasteiger partial charge >= 0.3 is 0 Å². The van der Waals surface area contributed by atoms with Gasteiger partial charge in [0, 0.05) is 22.1 Å². The van der Waals surface area contributed by atoms with Gasteiger partial charge in [-0.1, -0.05) is 40.2 Å². The zero-order valence-electron chi connectivity index (χ0n) is 10.6. The van der Waals surface area contributed by atoms with Crippen molar-refractivity contribution in [2.75, 3.05) is 7.05 Å². The summed E-state index contributed by atoms with van der Waals surface area (Å²) in [6.45, 7) is 1.16. The van der Waals surface area contributed by atoms with E-state index in [9.17, 15) is 4.39 Å². The van der Waals surface area contributed by atoms with Crippen LogP contribution in [0.1, 0.15) is 11.1 Å². The summed E-state index contributed by atoms with van der Waals surface area (Å²) in [6, 6.07) is 12.5. The van der Waals surface area contributed by atoms with E-state index in [-0.39, 0.29) is 5.82 Å². The maximum absolute atomic E-state index is 13.0. The van der Waals surface area contributed by atoms with E-state index in [1.165, 1.54) is 12.1 Å². The third-order valence-corrected chi connectivity index (χ3v) is 3.48. The van der Waals surface area contributed by atoms with Crippen LogP contribution in [-0.4, -0.2) is 7.05 Å². The molecule has 0 aliphatic carbocycles. The number of benzene rings is 2. The van der Waals surface area contributed by atoms with E-state index in [0.717, 1.165) is 27.9 Å². The van der Waals surface area contributed by atoms with Gasteiger partial charge in [0.15, 0.2) is 0 Å². The lowest BCUT2D eigenvalue weighted by Gasteiger charge is -2.12. The molecule has 0 bridgehead atoms. The van der Waals surface area contributed by atoms with Crippen LogP contribution in [0.3, 0.4) is 0 Å². The van der Waals surface area contributed by atoms with Gasteiger partial charge in [0.1, 0.15) is 18.2 Å². The predicted molar refractivity (Wildman–Crippen MR) is 77.6 cm³/mol. The quantitative estimate of drug-likeness (QED) is 0.901. The van der Waals surface area contributed by atoms with E-state index in [0.29, 0.717) is 6.61 Å². The molecular weight excluding hydrogens is 309 g/mol. The average Bonchev–Trinajstić information content (AvgIpc) is 2.40. The lowest BCUT2D eigenvalue weighted by Crippen LogP contribution is -2.07. The number of ether oxygens (including phenoxy) is 1. The molecule has 2 aromatic rings. The molecule has 1 N–H and O–H groups in total. The smallest absolute Gasteiger partial charge is 0.124 e. The molecule has 0 saturated carbocycles. The molecule has 19 heavy (non-hydrogen) atoms. The minimum absolute atomic E-state index is 0.258. The Morgan fingerprint density at radius 2 is 1.95 bits per heavy atom. The Morgan fingerprint density at radius 3 is 2.68 bits per heavy atom. The van der Waals surface area contributed by atoms with Crippen LogP contribution < -0.4 is 10.1 Å². The average molecular weight is 324 g/mol. The van der Waals surface area contributed by atoms with Crippen LogP contribution in [-0.2, 0) is 13.2 Å². The molecule has 0 saturated heterocycles. The molecule has 0 atom stereocenters. The molecule has 4 heteroatoms. The molecule has 0 aliphatic heterocycles. The van der Waals surface area contributed by atoms with Crippen molar-refractivity contribution in [3.8, 4) is 5.75 Å². The topological polar surface area (TPSA) is 21.3 Å². The highest BCUT2D eigenvalue weighted by atomic mass is 79.9. The first-order valence-corrected chi connectivity index (χ1v) is 6.79. The lowest BCUT2D eigenvalue weighted by molar-refractivity contribution is 0.301. The van der Waals surface area contributed by atoms with Gasteiger partial charge in [0.05, 0.1) is 0 Å². The fraction of sp³-hybridized carbons (Fsp3) is 0.200. The van der Waals surface area contributed by atoms with E-state index < -0.39 is 0 Å². The Hall–Kier alpha value is -1.39. The van der Waals surface area contributed by atoms with E-state index in [1.54, 1.807) is 6.07 Å². The third kappa shape index (κ3) is 3.78. The van der Waals surface area contributed by atoms with Gasteiger partial charge in [0.2, 0.25) is 0 Å². The number of hydrogen-bond donors (Lipinski definition) is 1. The summed E-state index contributed by atoms with van der Waals surface area (Å²) < 4.78 is 19.5. The van der Waals surface area contributed by atoms with Gasteiger partial charge in [-0.3, -0.25) is 0 Å². The molecule has 0 fully saturated rings. The highest BCUT2D eigenvalue weighted by molar-refractivity contribution is 9.10. The lowest BCUT2D eigenvalue weighted by atomic mass is 10.2. The number of halogens is 2. The molecule has 0 aromatic heterocycles. The first-order valence-electron chi connectivity index (χ1n) is 6.00. The van der Waals surface area contributed by atoms with Crippen LogP contribution in [0.25, 0.3) is 0 Å². The summed E-state index contributed by atoms with van der Waals surface area (Å²) in [5, 5.41) is 3.10. The Labute approximate surface area is 120 Å². The second-order valence-electron chi connectivity index (χ2n) is 4.16. The van der Waals surface area contributed by atoms with Crippen LogP contribution in [0.15, 0.2) is 46.9 Å². The molecule has 2 nitrogen and oxygen atoms in total. The highest BCUT2D eigenvalue weighted by Gasteiger charge is 2.05. The number of nitrogens with one attached hydrogen (secondary N) is 1. The molecule has 2 rings (SSSR count). The second-order valence-corrected chi connectivity index (χ2v) is 5.02. The second kappa shape index (κ2) is 6.68. The highest BCUT2D eigenvalue weighted by Crippen LogP contribution is 2.22. The Morgan fingerprint density at radius 1 is 1.16 bits per heavy atom. The number of rotatable bonds is 5. The summed E-state index contributed by atoms with van der Waals surface area (Å²) in [6.07, 6.45) is 0. The summed E-state index contributed by atoms with van der Waals surface area (Å²) in [4.78, 5) is 0. The zero-order chi connectivity index (χ0) is 13.7. The number of para-hydroxylation sites is 1. The largest absolute Gasteiger partial charge is 0.489 e. The van der Waals surface area contributed by atoms with E-state index in [2.05, 4.69) is 21.2 Å². The minimum Gasteiger partial charge on any atom is -0.489 e. The maximum atomic E-state index is 13.0. The standard InChI is InChI=1S/C15H15BrFNO/c1-18-9-11-4-2-3-5-15(11)19-10-12-6-7-13(17)8-14(12)16/h2-8,18H,9-10H2,1H3. The molecule has 0 spiro atoms. The fourth-order valence-electron chi connectivity index (χ4n) is 1.78. The van der Waals surface area contributed by atoms with Gasteiger partial charge in [0.25, 0.3) is 0 Å². The normalized spacial score (nSPS) is 10.5. The Kier molecular flexibility index (Phi) is 4.93. The monoisotopic (exact) mass is 323 g/mol. The first kappa shape index (κ1) is 14.0. The Bertz CT molecular complexity index is 560. The van der Waals surface area contributed by atoms with Crippen LogP contribution in [0.4, 0.5) is 4.39 Å². The zero-order valence-corrected chi connectivity index (χ0v) is 12.2. The maximum Gasteiger partial charge on any atom is 0.124 e. The van der Waals surface area contributed by atoms with Crippen molar-refractivity contribution in [3.05, 3.63) is 63.9 Å². The summed E-state index contributed by atoms with van der Waals surface area (Å²) in [7, 11) is 1.90. The summed E-state index contributed by atoms with van der Waals surface area (Å²) in [5.41, 5.74) is 2.02.